The molecule has 2 rings (SSSR count). The standard InChI is InChI=1S/C15H16BrN3O/c1-9-3-4-11(8-14(9)16)18-15(20)13-6-5-12(19-17)7-10(13)2/h3-8,19H,17H2,1-2H3,(H,18,20). The molecule has 0 fully saturated rings. The zero-order chi connectivity index (χ0) is 14.7. The molecule has 0 spiro atoms. The molecule has 4 nitrogen and oxygen atoms in total. The fourth-order valence-corrected chi connectivity index (χ4v) is 2.26. The Morgan fingerprint density at radius 3 is 2.35 bits per heavy atom. The average molecular weight is 334 g/mol. The van der Waals surface area contributed by atoms with Gasteiger partial charge in [-0.2, -0.15) is 0 Å². The maximum absolute atomic E-state index is 12.3. The number of nitrogens with one attached hydrogen (secondary N) is 2. The molecule has 0 aliphatic heterocycles. The van der Waals surface area contributed by atoms with Gasteiger partial charge in [-0.25, -0.2) is 0 Å². The lowest BCUT2D eigenvalue weighted by Crippen LogP contribution is -2.14. The second kappa shape index (κ2) is 6.07. The summed E-state index contributed by atoms with van der Waals surface area (Å²) in [6, 6.07) is 11.1. The molecular weight excluding hydrogens is 318 g/mol. The Morgan fingerprint density at radius 1 is 1.05 bits per heavy atom. The highest BCUT2D eigenvalue weighted by Gasteiger charge is 2.10. The predicted octanol–water partition coefficient (Wildman–Crippen LogP) is 3.60. The maximum atomic E-state index is 12.3. The van der Waals surface area contributed by atoms with Gasteiger partial charge in [-0.05, 0) is 55.3 Å². The van der Waals surface area contributed by atoms with E-state index in [-0.39, 0.29) is 5.91 Å². The van der Waals surface area contributed by atoms with Crippen molar-refractivity contribution in [2.45, 2.75) is 13.8 Å². The quantitative estimate of drug-likeness (QED) is 0.593. The van der Waals surface area contributed by atoms with Crippen LogP contribution in [-0.2, 0) is 0 Å². The molecule has 0 saturated carbocycles. The number of rotatable bonds is 3. The molecule has 104 valence electrons. The van der Waals surface area contributed by atoms with Crippen LogP contribution in [0.25, 0.3) is 0 Å². The maximum Gasteiger partial charge on any atom is 0.255 e. The second-order valence-electron chi connectivity index (χ2n) is 4.59. The van der Waals surface area contributed by atoms with Crippen LogP contribution in [-0.4, -0.2) is 5.91 Å². The highest BCUT2D eigenvalue weighted by molar-refractivity contribution is 9.10. The topological polar surface area (TPSA) is 67.2 Å². The molecule has 0 heterocycles. The minimum atomic E-state index is -0.137. The number of carbonyl (C=O) groups excluding carboxylic acids is 1. The number of anilines is 2. The van der Waals surface area contributed by atoms with Crippen LogP contribution in [0.4, 0.5) is 11.4 Å². The number of hydrazine groups is 1. The van der Waals surface area contributed by atoms with Crippen molar-refractivity contribution in [1.82, 2.24) is 0 Å². The lowest BCUT2D eigenvalue weighted by molar-refractivity contribution is 0.102. The third kappa shape index (κ3) is 3.18. The number of aryl methyl sites for hydroxylation is 2. The Bertz CT molecular complexity index is 656. The van der Waals surface area contributed by atoms with Gasteiger partial charge in [0.15, 0.2) is 0 Å². The summed E-state index contributed by atoms with van der Waals surface area (Å²) < 4.78 is 0.967. The van der Waals surface area contributed by atoms with E-state index in [1.165, 1.54) is 0 Å². The van der Waals surface area contributed by atoms with Crippen LogP contribution in [0.3, 0.4) is 0 Å². The summed E-state index contributed by atoms with van der Waals surface area (Å²) in [6.07, 6.45) is 0. The second-order valence-corrected chi connectivity index (χ2v) is 5.45. The van der Waals surface area contributed by atoms with E-state index in [1.54, 1.807) is 12.1 Å². The number of nitrogens with two attached hydrogens (primary N) is 1. The van der Waals surface area contributed by atoms with Crippen LogP contribution in [0, 0.1) is 13.8 Å². The van der Waals surface area contributed by atoms with Gasteiger partial charge in [0.2, 0.25) is 0 Å². The molecular formula is C15H16BrN3O. The van der Waals surface area contributed by atoms with Gasteiger partial charge in [-0.1, -0.05) is 22.0 Å². The Balaban J connectivity index is 2.21. The number of benzene rings is 2. The van der Waals surface area contributed by atoms with Gasteiger partial charge in [0.25, 0.3) is 5.91 Å². The highest BCUT2D eigenvalue weighted by Crippen LogP contribution is 2.22. The molecule has 2 aromatic rings. The van der Waals surface area contributed by atoms with Gasteiger partial charge in [0.1, 0.15) is 0 Å². The number of amides is 1. The Hall–Kier alpha value is -1.85. The third-order valence-corrected chi connectivity index (χ3v) is 3.92. The SMILES string of the molecule is Cc1ccc(NC(=O)c2ccc(NN)cc2C)cc1Br. The van der Waals surface area contributed by atoms with Crippen LogP contribution < -0.4 is 16.6 Å². The average Bonchev–Trinajstić information content (AvgIpc) is 2.42. The Kier molecular flexibility index (Phi) is 4.42. The molecule has 5 heteroatoms. The van der Waals surface area contributed by atoms with Crippen molar-refractivity contribution < 1.29 is 4.79 Å². The first kappa shape index (κ1) is 14.6. The zero-order valence-electron chi connectivity index (χ0n) is 11.3. The van der Waals surface area contributed by atoms with Gasteiger partial charge in [-0.15, -0.1) is 0 Å². The number of hydrogen-bond donors (Lipinski definition) is 3. The third-order valence-electron chi connectivity index (χ3n) is 3.07. The van der Waals surface area contributed by atoms with E-state index in [1.807, 2.05) is 38.1 Å². The summed E-state index contributed by atoms with van der Waals surface area (Å²) in [6.45, 7) is 3.87. The number of halogens is 1. The fraction of sp³-hybridized carbons (Fsp3) is 0.133. The van der Waals surface area contributed by atoms with Crippen molar-refractivity contribution in [2.24, 2.45) is 5.84 Å². The summed E-state index contributed by atoms with van der Waals surface area (Å²) in [4.78, 5) is 12.3. The first-order chi connectivity index (χ1) is 9.51. The lowest BCUT2D eigenvalue weighted by atomic mass is 10.1. The zero-order valence-corrected chi connectivity index (χ0v) is 12.9. The van der Waals surface area contributed by atoms with Crippen molar-refractivity contribution in [2.75, 3.05) is 10.7 Å². The van der Waals surface area contributed by atoms with Crippen molar-refractivity contribution >= 4 is 33.2 Å². The molecule has 0 aliphatic carbocycles. The van der Waals surface area contributed by atoms with Gasteiger partial charge in [-0.3, -0.25) is 10.6 Å². The van der Waals surface area contributed by atoms with Crippen LogP contribution in [0.5, 0.6) is 0 Å². The molecule has 1 amide bonds. The van der Waals surface area contributed by atoms with Crippen LogP contribution in [0.1, 0.15) is 21.5 Å². The predicted molar refractivity (Wildman–Crippen MR) is 85.8 cm³/mol. The van der Waals surface area contributed by atoms with Gasteiger partial charge in [0, 0.05) is 21.4 Å². The summed E-state index contributed by atoms with van der Waals surface area (Å²) >= 11 is 3.45. The summed E-state index contributed by atoms with van der Waals surface area (Å²) in [5, 5.41) is 2.88. The molecule has 0 radical (unpaired) electrons. The monoisotopic (exact) mass is 333 g/mol. The smallest absolute Gasteiger partial charge is 0.255 e. The highest BCUT2D eigenvalue weighted by atomic mass is 79.9. The number of hydrogen-bond acceptors (Lipinski definition) is 3. The minimum absolute atomic E-state index is 0.137. The van der Waals surface area contributed by atoms with Crippen LogP contribution in [0.2, 0.25) is 0 Å². The first-order valence-corrected chi connectivity index (χ1v) is 6.95. The van der Waals surface area contributed by atoms with E-state index in [0.717, 1.165) is 27.0 Å². The molecule has 0 bridgehead atoms. The largest absolute Gasteiger partial charge is 0.324 e. The van der Waals surface area contributed by atoms with E-state index < -0.39 is 0 Å². The van der Waals surface area contributed by atoms with Crippen LogP contribution in [0.15, 0.2) is 40.9 Å². The normalized spacial score (nSPS) is 10.2. The summed E-state index contributed by atoms with van der Waals surface area (Å²) in [5.74, 6) is 5.21. The van der Waals surface area contributed by atoms with E-state index in [4.69, 9.17) is 5.84 Å². The van der Waals surface area contributed by atoms with Gasteiger partial charge >= 0.3 is 0 Å². The number of carbonyl (C=O) groups is 1. The summed E-state index contributed by atoms with van der Waals surface area (Å²) in [7, 11) is 0. The lowest BCUT2D eigenvalue weighted by Gasteiger charge is -2.10. The van der Waals surface area contributed by atoms with E-state index in [0.29, 0.717) is 5.56 Å². The number of nitrogen functional groups attached to an aromatic ring is 1. The van der Waals surface area contributed by atoms with Gasteiger partial charge < -0.3 is 10.7 Å². The minimum Gasteiger partial charge on any atom is -0.324 e. The van der Waals surface area contributed by atoms with E-state index in [9.17, 15) is 4.79 Å². The molecule has 0 saturated heterocycles. The first-order valence-electron chi connectivity index (χ1n) is 6.16. The molecule has 0 unspecified atom stereocenters. The Labute approximate surface area is 126 Å². The Morgan fingerprint density at radius 2 is 1.75 bits per heavy atom. The van der Waals surface area contributed by atoms with Gasteiger partial charge in [0.05, 0.1) is 0 Å². The molecule has 4 N–H and O–H groups in total. The van der Waals surface area contributed by atoms with Crippen molar-refractivity contribution in [3.8, 4) is 0 Å². The van der Waals surface area contributed by atoms with E-state index in [2.05, 4.69) is 26.7 Å². The summed E-state index contributed by atoms with van der Waals surface area (Å²) in [5.41, 5.74) is 6.71. The fourth-order valence-electron chi connectivity index (χ4n) is 1.88. The van der Waals surface area contributed by atoms with Crippen molar-refractivity contribution in [1.29, 1.82) is 0 Å². The molecule has 2 aromatic carbocycles. The van der Waals surface area contributed by atoms with Crippen molar-refractivity contribution in [3.05, 3.63) is 57.6 Å². The molecule has 0 aromatic heterocycles. The van der Waals surface area contributed by atoms with Crippen LogP contribution >= 0.6 is 15.9 Å². The molecule has 0 aliphatic rings. The van der Waals surface area contributed by atoms with E-state index >= 15 is 0 Å². The molecule has 0 atom stereocenters. The molecule has 20 heavy (non-hydrogen) atoms. The van der Waals surface area contributed by atoms with Crippen molar-refractivity contribution in [3.63, 3.8) is 0 Å².